The van der Waals surface area contributed by atoms with Crippen LogP contribution < -0.4 is 0 Å². The van der Waals surface area contributed by atoms with Crippen molar-refractivity contribution >= 4 is 0 Å². The molecule has 0 radical (unpaired) electrons. The number of hydrogen-bond donors (Lipinski definition) is 0. The Morgan fingerprint density at radius 3 is 1.56 bits per heavy atom. The van der Waals surface area contributed by atoms with Crippen molar-refractivity contribution in [2.24, 2.45) is 5.41 Å². The largest absolute Gasteiger partial charge is 0 e. The Balaban J connectivity index is -0.000000123. The van der Waals surface area contributed by atoms with Crippen molar-refractivity contribution in [1.29, 1.82) is 0 Å². The zero-order valence-electron chi connectivity index (χ0n) is 11.0. The van der Waals surface area contributed by atoms with Crippen molar-refractivity contribution in [2.45, 2.75) is 26.8 Å². The summed E-state index contributed by atoms with van der Waals surface area (Å²) in [6, 6.07) is 0.535. The summed E-state index contributed by atoms with van der Waals surface area (Å²) >= 11 is 0. The minimum absolute atomic E-state index is 0. The summed E-state index contributed by atoms with van der Waals surface area (Å²) in [6.45, 7) is 20.3. The van der Waals surface area contributed by atoms with Crippen LogP contribution in [0.1, 0.15) is 20.8 Å². The van der Waals surface area contributed by atoms with Crippen molar-refractivity contribution in [3.63, 3.8) is 0 Å². The van der Waals surface area contributed by atoms with E-state index >= 15 is 0 Å². The Hall–Kier alpha value is -0.968. The molecule has 0 N–H and O–H groups in total. The number of rotatable bonds is 0. The van der Waals surface area contributed by atoms with Gasteiger partial charge in [0.1, 0.15) is 0 Å². The van der Waals surface area contributed by atoms with E-state index in [2.05, 4.69) is 77.1 Å². The first-order chi connectivity index (χ1) is 8.02. The molecule has 0 fully saturated rings. The monoisotopic (exact) mass is 287 g/mol. The van der Waals surface area contributed by atoms with Gasteiger partial charge in [-0.2, -0.15) is 0 Å². The SMILES string of the molecule is CN1C=CC=C[C@H]1C(C)(C)C.[C-]#[O+].[C-]#[O+].[C-]#[O+].[Cr]. The van der Waals surface area contributed by atoms with Gasteiger partial charge in [-0.05, 0) is 17.7 Å². The second-order valence-electron chi connectivity index (χ2n) is 4.20. The molecule has 1 aliphatic rings. The van der Waals surface area contributed by atoms with E-state index in [4.69, 9.17) is 14.0 Å². The first-order valence-corrected chi connectivity index (χ1v) is 4.70. The standard InChI is InChI=1S/C10H17N.3CO.Cr/c1-10(2,3)9-7-5-6-8-11(9)4;3*1-2;/h5-9H,1-4H3;;;;/t9-;;;;/m0..../s1. The normalized spacial score (nSPS) is 15.2. The maximum absolute atomic E-state index is 7.50. The van der Waals surface area contributed by atoms with Crippen molar-refractivity contribution in [3.05, 3.63) is 44.4 Å². The van der Waals surface area contributed by atoms with Crippen LogP contribution >= 0.6 is 0 Å². The fourth-order valence-electron chi connectivity index (χ4n) is 1.48. The fourth-order valence-corrected chi connectivity index (χ4v) is 1.48. The summed E-state index contributed by atoms with van der Waals surface area (Å²) in [5, 5.41) is 0. The number of nitrogens with zero attached hydrogens (tertiary/aromatic N) is 1. The molecular weight excluding hydrogens is 270 g/mol. The van der Waals surface area contributed by atoms with Gasteiger partial charge in [0.2, 0.25) is 0 Å². The van der Waals surface area contributed by atoms with E-state index in [-0.39, 0.29) is 17.4 Å². The van der Waals surface area contributed by atoms with Crippen LogP contribution in [-0.4, -0.2) is 18.0 Å². The van der Waals surface area contributed by atoms with E-state index in [1.807, 2.05) is 0 Å². The topological polar surface area (TPSA) is 62.9 Å². The van der Waals surface area contributed by atoms with Crippen LogP contribution in [-0.2, 0) is 31.3 Å². The summed E-state index contributed by atoms with van der Waals surface area (Å²) in [7, 11) is 2.12. The molecular formula is C13H17CrNO3. The molecule has 0 saturated carbocycles. The Bertz CT molecular complexity index is 283. The summed E-state index contributed by atoms with van der Waals surface area (Å²) < 4.78 is 22.5. The molecule has 0 saturated heterocycles. The summed E-state index contributed by atoms with van der Waals surface area (Å²) in [5.41, 5.74) is 0.329. The quantitative estimate of drug-likeness (QED) is 0.498. The molecule has 0 spiro atoms. The van der Waals surface area contributed by atoms with Gasteiger partial charge in [0.15, 0.2) is 0 Å². The maximum atomic E-state index is 7.50. The fraction of sp³-hybridized carbons (Fsp3) is 0.462. The van der Waals surface area contributed by atoms with Gasteiger partial charge < -0.3 is 4.90 Å². The Morgan fingerprint density at radius 2 is 1.33 bits per heavy atom. The molecule has 0 bridgehead atoms. The van der Waals surface area contributed by atoms with E-state index in [1.54, 1.807) is 0 Å². The summed E-state index contributed by atoms with van der Waals surface area (Å²) in [5.74, 6) is 0. The van der Waals surface area contributed by atoms with Crippen molar-refractivity contribution in [3.8, 4) is 0 Å². The Kier molecular flexibility index (Phi) is 23.0. The minimum Gasteiger partial charge on any atom is 0 e. The third-order valence-electron chi connectivity index (χ3n) is 2.05. The predicted molar refractivity (Wildman–Crippen MR) is 61.1 cm³/mol. The summed E-state index contributed by atoms with van der Waals surface area (Å²) in [6.07, 6.45) is 8.56. The van der Waals surface area contributed by atoms with Crippen LogP contribution in [0.4, 0.5) is 0 Å². The Labute approximate surface area is 120 Å². The molecule has 0 aromatic carbocycles. The van der Waals surface area contributed by atoms with E-state index in [1.165, 1.54) is 0 Å². The van der Waals surface area contributed by atoms with Gasteiger partial charge in [-0.25, -0.2) is 0 Å². The maximum Gasteiger partial charge on any atom is 0 e. The van der Waals surface area contributed by atoms with Crippen molar-refractivity contribution in [2.75, 3.05) is 7.05 Å². The molecule has 0 aromatic heterocycles. The van der Waals surface area contributed by atoms with Crippen molar-refractivity contribution < 1.29 is 31.3 Å². The molecule has 0 aliphatic carbocycles. The van der Waals surface area contributed by atoms with Gasteiger partial charge in [0.25, 0.3) is 0 Å². The molecule has 0 unspecified atom stereocenters. The molecule has 1 atom stereocenters. The molecule has 0 aromatic rings. The van der Waals surface area contributed by atoms with Gasteiger partial charge in [-0.3, -0.25) is 0 Å². The molecule has 1 aliphatic heterocycles. The van der Waals surface area contributed by atoms with Gasteiger partial charge in [0, 0.05) is 24.4 Å². The smallest absolute Gasteiger partial charge is 0 e. The van der Waals surface area contributed by atoms with Crippen LogP contribution in [0.3, 0.4) is 0 Å². The number of allylic oxidation sites excluding steroid dienone is 2. The minimum atomic E-state index is 0. The van der Waals surface area contributed by atoms with E-state index in [0.717, 1.165) is 0 Å². The molecule has 18 heavy (non-hydrogen) atoms. The van der Waals surface area contributed by atoms with Gasteiger partial charge >= 0.3 is 33.9 Å². The van der Waals surface area contributed by atoms with Gasteiger partial charge in [-0.15, -0.1) is 0 Å². The van der Waals surface area contributed by atoms with E-state index in [0.29, 0.717) is 11.5 Å². The number of hydrogen-bond acceptors (Lipinski definition) is 1. The second-order valence-corrected chi connectivity index (χ2v) is 4.20. The average molecular weight is 287 g/mol. The van der Waals surface area contributed by atoms with Gasteiger partial charge in [-0.1, -0.05) is 32.9 Å². The molecule has 0 amide bonds. The van der Waals surface area contributed by atoms with Crippen LogP contribution in [0, 0.1) is 25.4 Å². The van der Waals surface area contributed by atoms with Crippen LogP contribution in [0.2, 0.25) is 0 Å². The van der Waals surface area contributed by atoms with Crippen LogP contribution in [0.25, 0.3) is 0 Å². The summed E-state index contributed by atoms with van der Waals surface area (Å²) in [4.78, 5) is 2.25. The van der Waals surface area contributed by atoms with E-state index in [9.17, 15) is 0 Å². The van der Waals surface area contributed by atoms with Crippen molar-refractivity contribution in [1.82, 2.24) is 4.90 Å². The molecule has 4 nitrogen and oxygen atoms in total. The van der Waals surface area contributed by atoms with Gasteiger partial charge in [0.05, 0.1) is 6.04 Å². The second kappa shape index (κ2) is 16.0. The Morgan fingerprint density at radius 1 is 0.944 bits per heavy atom. The molecule has 1 heterocycles. The third kappa shape index (κ3) is 11.5. The van der Waals surface area contributed by atoms with Crippen LogP contribution in [0.5, 0.6) is 0 Å². The predicted octanol–water partition coefficient (Wildman–Crippen LogP) is 2.30. The first-order valence-electron chi connectivity index (χ1n) is 4.70. The number of likely N-dealkylation sites (N-methyl/N-ethyl adjacent to an activating group) is 1. The molecule has 5 heteroatoms. The molecule has 1 rings (SSSR count). The molecule has 98 valence electrons. The first kappa shape index (κ1) is 25.8. The zero-order valence-corrected chi connectivity index (χ0v) is 12.2. The third-order valence-corrected chi connectivity index (χ3v) is 2.05. The van der Waals surface area contributed by atoms with E-state index < -0.39 is 0 Å². The zero-order chi connectivity index (χ0) is 14.5. The van der Waals surface area contributed by atoms with Crippen LogP contribution in [0.15, 0.2) is 24.4 Å². The average Bonchev–Trinajstić information content (AvgIpc) is 2.36.